The lowest BCUT2D eigenvalue weighted by Crippen LogP contribution is -2.02. The first-order valence-electron chi connectivity index (χ1n) is 5.48. The molecular formula is C13H10BrFN2O2. The van der Waals surface area contributed by atoms with Crippen molar-refractivity contribution in [2.24, 2.45) is 0 Å². The quantitative estimate of drug-likeness (QED) is 0.680. The van der Waals surface area contributed by atoms with Gasteiger partial charge in [-0.25, -0.2) is 4.39 Å². The molecule has 2 aromatic carbocycles. The maximum absolute atomic E-state index is 13.0. The van der Waals surface area contributed by atoms with E-state index < -0.39 is 4.92 Å². The first kappa shape index (κ1) is 13.5. The molecule has 0 unspecified atom stereocenters. The van der Waals surface area contributed by atoms with Gasteiger partial charge in [0.2, 0.25) is 0 Å². The number of nitrogens with zero attached hydrogens (tertiary/aromatic N) is 1. The Kier molecular flexibility index (Phi) is 4.11. The van der Waals surface area contributed by atoms with Crippen molar-refractivity contribution < 1.29 is 9.31 Å². The summed E-state index contributed by atoms with van der Waals surface area (Å²) in [4.78, 5) is 10.5. The van der Waals surface area contributed by atoms with Crippen LogP contribution in [-0.4, -0.2) is 4.92 Å². The molecule has 0 aliphatic rings. The van der Waals surface area contributed by atoms with Crippen LogP contribution < -0.4 is 5.32 Å². The summed E-state index contributed by atoms with van der Waals surface area (Å²) in [5.74, 6) is -0.329. The highest BCUT2D eigenvalue weighted by atomic mass is 79.9. The van der Waals surface area contributed by atoms with Crippen LogP contribution in [0.3, 0.4) is 0 Å². The van der Waals surface area contributed by atoms with Crippen molar-refractivity contribution in [3.8, 4) is 0 Å². The van der Waals surface area contributed by atoms with Crippen LogP contribution in [-0.2, 0) is 6.54 Å². The number of nitro groups is 1. The average molecular weight is 325 g/mol. The van der Waals surface area contributed by atoms with E-state index in [9.17, 15) is 14.5 Å². The molecular weight excluding hydrogens is 315 g/mol. The molecule has 98 valence electrons. The van der Waals surface area contributed by atoms with Crippen LogP contribution in [0.2, 0.25) is 0 Å². The Morgan fingerprint density at radius 3 is 2.74 bits per heavy atom. The van der Waals surface area contributed by atoms with Gasteiger partial charge in [-0.3, -0.25) is 10.1 Å². The normalized spacial score (nSPS) is 10.2. The molecule has 0 amide bonds. The molecule has 0 atom stereocenters. The van der Waals surface area contributed by atoms with Crippen LogP contribution >= 0.6 is 15.9 Å². The number of hydrogen-bond donors (Lipinski definition) is 1. The van der Waals surface area contributed by atoms with Crippen LogP contribution in [0.25, 0.3) is 0 Å². The lowest BCUT2D eigenvalue weighted by atomic mass is 10.2. The maximum Gasteiger partial charge on any atom is 0.293 e. The summed E-state index contributed by atoms with van der Waals surface area (Å²) in [6, 6.07) is 10.8. The van der Waals surface area contributed by atoms with E-state index in [4.69, 9.17) is 0 Å². The Balaban J connectivity index is 2.17. The summed E-state index contributed by atoms with van der Waals surface area (Å²) in [5.41, 5.74) is 1.10. The minimum absolute atomic E-state index is 0.0224. The van der Waals surface area contributed by atoms with E-state index in [2.05, 4.69) is 21.2 Å². The number of anilines is 1. The summed E-state index contributed by atoms with van der Waals surface area (Å²) < 4.78 is 13.6. The molecule has 0 fully saturated rings. The highest BCUT2D eigenvalue weighted by Gasteiger charge is 2.13. The number of nitrogens with one attached hydrogen (secondary N) is 1. The van der Waals surface area contributed by atoms with E-state index in [1.54, 1.807) is 24.3 Å². The number of halogens is 2. The molecule has 0 saturated carbocycles. The molecule has 0 saturated heterocycles. The minimum atomic E-state index is -0.460. The molecule has 0 aliphatic heterocycles. The van der Waals surface area contributed by atoms with Gasteiger partial charge in [0.1, 0.15) is 11.5 Å². The molecule has 0 spiro atoms. The molecule has 0 radical (unpaired) electrons. The van der Waals surface area contributed by atoms with Gasteiger partial charge in [-0.2, -0.15) is 0 Å². The van der Waals surface area contributed by atoms with Crippen LogP contribution in [0.1, 0.15) is 5.56 Å². The second kappa shape index (κ2) is 5.79. The van der Waals surface area contributed by atoms with Gasteiger partial charge in [-0.05, 0) is 29.8 Å². The molecule has 0 aliphatic carbocycles. The minimum Gasteiger partial charge on any atom is -0.375 e. The zero-order valence-corrected chi connectivity index (χ0v) is 11.4. The summed E-state index contributed by atoms with van der Waals surface area (Å²) >= 11 is 3.19. The van der Waals surface area contributed by atoms with Gasteiger partial charge in [0, 0.05) is 17.1 Å². The lowest BCUT2D eigenvalue weighted by Gasteiger charge is -2.07. The number of benzene rings is 2. The van der Waals surface area contributed by atoms with Gasteiger partial charge in [-0.15, -0.1) is 0 Å². The van der Waals surface area contributed by atoms with Crippen LogP contribution in [0.5, 0.6) is 0 Å². The van der Waals surface area contributed by atoms with Crippen molar-refractivity contribution in [3.63, 3.8) is 0 Å². The first-order valence-corrected chi connectivity index (χ1v) is 6.28. The van der Waals surface area contributed by atoms with Crippen molar-refractivity contribution >= 4 is 27.3 Å². The number of nitro benzene ring substituents is 1. The summed E-state index contributed by atoms with van der Waals surface area (Å²) in [7, 11) is 0. The lowest BCUT2D eigenvalue weighted by molar-refractivity contribution is -0.384. The predicted octanol–water partition coefficient (Wildman–Crippen LogP) is 4.11. The van der Waals surface area contributed by atoms with E-state index in [0.717, 1.165) is 5.56 Å². The average Bonchev–Trinajstić information content (AvgIpc) is 2.37. The van der Waals surface area contributed by atoms with Crippen molar-refractivity contribution in [2.45, 2.75) is 6.54 Å². The van der Waals surface area contributed by atoms with Gasteiger partial charge in [0.25, 0.3) is 5.69 Å². The highest BCUT2D eigenvalue weighted by Crippen LogP contribution is 2.28. The zero-order valence-electron chi connectivity index (χ0n) is 9.77. The molecule has 2 aromatic rings. The largest absolute Gasteiger partial charge is 0.375 e. The molecule has 6 heteroatoms. The Hall–Kier alpha value is -1.95. The fourth-order valence-corrected chi connectivity index (χ4v) is 2.00. The van der Waals surface area contributed by atoms with E-state index >= 15 is 0 Å². The van der Waals surface area contributed by atoms with Crippen molar-refractivity contribution in [3.05, 3.63) is 68.4 Å². The van der Waals surface area contributed by atoms with Crippen LogP contribution in [0, 0.1) is 15.9 Å². The second-order valence-electron chi connectivity index (χ2n) is 3.90. The molecule has 0 aromatic heterocycles. The monoisotopic (exact) mass is 324 g/mol. The number of rotatable bonds is 4. The van der Waals surface area contributed by atoms with Crippen LogP contribution in [0.15, 0.2) is 46.9 Å². The Morgan fingerprint density at radius 2 is 2.05 bits per heavy atom. The van der Waals surface area contributed by atoms with E-state index in [1.807, 2.05) is 0 Å². The molecule has 4 nitrogen and oxygen atoms in total. The second-order valence-corrected chi connectivity index (χ2v) is 4.82. The zero-order chi connectivity index (χ0) is 13.8. The summed E-state index contributed by atoms with van der Waals surface area (Å²) in [6.45, 7) is 0.320. The van der Waals surface area contributed by atoms with E-state index in [1.165, 1.54) is 18.2 Å². The van der Waals surface area contributed by atoms with E-state index in [-0.39, 0.29) is 11.5 Å². The smallest absolute Gasteiger partial charge is 0.293 e. The molecule has 19 heavy (non-hydrogen) atoms. The van der Waals surface area contributed by atoms with Gasteiger partial charge in [0.05, 0.1) is 4.92 Å². The van der Waals surface area contributed by atoms with Crippen LogP contribution in [0.4, 0.5) is 15.8 Å². The van der Waals surface area contributed by atoms with Gasteiger partial charge in [-0.1, -0.05) is 28.1 Å². The van der Waals surface area contributed by atoms with Crippen molar-refractivity contribution in [1.29, 1.82) is 0 Å². The maximum atomic E-state index is 13.0. The fraction of sp³-hybridized carbons (Fsp3) is 0.0769. The van der Waals surface area contributed by atoms with Gasteiger partial charge in [0.15, 0.2) is 0 Å². The third-order valence-corrected chi connectivity index (χ3v) is 3.02. The molecule has 0 heterocycles. The van der Waals surface area contributed by atoms with Crippen molar-refractivity contribution in [2.75, 3.05) is 5.32 Å². The summed E-state index contributed by atoms with van der Waals surface area (Å²) in [5, 5.41) is 13.9. The topological polar surface area (TPSA) is 55.2 Å². The Labute approximate surface area is 117 Å². The Bertz CT molecular complexity index is 619. The third kappa shape index (κ3) is 3.51. The first-order chi connectivity index (χ1) is 9.06. The van der Waals surface area contributed by atoms with Gasteiger partial charge < -0.3 is 5.32 Å². The van der Waals surface area contributed by atoms with E-state index in [0.29, 0.717) is 16.7 Å². The number of hydrogen-bond acceptors (Lipinski definition) is 3. The summed E-state index contributed by atoms with van der Waals surface area (Å²) in [6.07, 6.45) is 0. The highest BCUT2D eigenvalue weighted by molar-refractivity contribution is 9.10. The SMILES string of the molecule is O=[N+]([O-])c1cc(Br)ccc1NCc1cccc(F)c1. The molecule has 1 N–H and O–H groups in total. The molecule has 2 rings (SSSR count). The standard InChI is InChI=1S/C13H10BrFN2O2/c14-10-4-5-12(13(7-10)17(18)19)16-8-9-2-1-3-11(15)6-9/h1-7,16H,8H2. The Morgan fingerprint density at radius 1 is 1.26 bits per heavy atom. The molecule has 0 bridgehead atoms. The van der Waals surface area contributed by atoms with Crippen molar-refractivity contribution in [1.82, 2.24) is 0 Å². The predicted molar refractivity (Wildman–Crippen MR) is 74.5 cm³/mol. The fourth-order valence-electron chi connectivity index (χ4n) is 1.65. The third-order valence-electron chi connectivity index (χ3n) is 2.53. The van der Waals surface area contributed by atoms with Gasteiger partial charge >= 0.3 is 0 Å².